The Balaban J connectivity index is 2.67. The van der Waals surface area contributed by atoms with Gasteiger partial charge in [0.2, 0.25) is 0 Å². The fourth-order valence-corrected chi connectivity index (χ4v) is 2.11. The number of nitrogens with zero attached hydrogens (tertiary/aromatic N) is 1. The zero-order valence-electron chi connectivity index (χ0n) is 10.1. The molecular weight excluding hydrogens is 367 g/mol. The van der Waals surface area contributed by atoms with Crippen LogP contribution in [0, 0.1) is 13.7 Å². The Kier molecular flexibility index (Phi) is 5.96. The first-order valence-corrected chi connectivity index (χ1v) is 6.44. The summed E-state index contributed by atoms with van der Waals surface area (Å²) >= 11 is 1.98. The van der Waals surface area contributed by atoms with E-state index in [-0.39, 0.29) is 12.1 Å². The largest absolute Gasteiger partial charge is 0.481 e. The molecule has 7 nitrogen and oxygen atoms in total. The first kappa shape index (κ1) is 15.6. The molecule has 0 radical (unpaired) electrons. The highest BCUT2D eigenvalue weighted by Gasteiger charge is 2.14. The van der Waals surface area contributed by atoms with Crippen LogP contribution in [-0.2, 0) is 9.53 Å². The molecule has 1 aromatic rings. The average Bonchev–Trinajstić information content (AvgIpc) is 2.34. The summed E-state index contributed by atoms with van der Waals surface area (Å²) in [4.78, 5) is 20.7. The van der Waals surface area contributed by atoms with Gasteiger partial charge >= 0.3 is 5.97 Å². The number of ether oxygens (including phenoxy) is 1. The Morgan fingerprint density at radius 1 is 1.63 bits per heavy atom. The van der Waals surface area contributed by atoms with E-state index in [2.05, 4.69) is 5.32 Å². The van der Waals surface area contributed by atoms with Gasteiger partial charge in [-0.25, -0.2) is 0 Å². The van der Waals surface area contributed by atoms with Crippen molar-refractivity contribution in [1.29, 1.82) is 0 Å². The van der Waals surface area contributed by atoms with Gasteiger partial charge in [-0.1, -0.05) is 0 Å². The number of nitro benzene ring substituents is 1. The molecule has 19 heavy (non-hydrogen) atoms. The van der Waals surface area contributed by atoms with E-state index in [0.717, 1.165) is 0 Å². The van der Waals surface area contributed by atoms with Gasteiger partial charge in [-0.3, -0.25) is 14.9 Å². The van der Waals surface area contributed by atoms with E-state index in [1.54, 1.807) is 6.07 Å². The van der Waals surface area contributed by atoms with Crippen LogP contribution in [0.15, 0.2) is 18.2 Å². The lowest BCUT2D eigenvalue weighted by Gasteiger charge is -2.15. The molecule has 0 aliphatic carbocycles. The van der Waals surface area contributed by atoms with Crippen LogP contribution in [0.4, 0.5) is 11.4 Å². The van der Waals surface area contributed by atoms with Crippen LogP contribution in [0.1, 0.15) is 6.42 Å². The molecule has 1 rings (SSSR count). The number of benzene rings is 1. The summed E-state index contributed by atoms with van der Waals surface area (Å²) in [5.41, 5.74) is 0.724. The summed E-state index contributed by atoms with van der Waals surface area (Å²) in [5.74, 6) is -0.938. The number of nitro groups is 1. The van der Waals surface area contributed by atoms with Gasteiger partial charge in [0.25, 0.3) is 5.69 Å². The van der Waals surface area contributed by atoms with E-state index in [9.17, 15) is 14.9 Å². The number of anilines is 1. The van der Waals surface area contributed by atoms with Crippen molar-refractivity contribution in [3.05, 3.63) is 31.9 Å². The zero-order chi connectivity index (χ0) is 14.4. The molecule has 1 aromatic carbocycles. The minimum atomic E-state index is -0.938. The molecule has 0 heterocycles. The standard InChI is InChI=1S/C11H13IN2O5/c1-19-8(5-11(15)16)6-13-10-3-2-7(14(17)18)4-9(10)12/h2-4,8,13H,5-6H2,1H3,(H,15,16). The molecule has 0 bridgehead atoms. The summed E-state index contributed by atoms with van der Waals surface area (Å²) in [5, 5.41) is 22.3. The minimum Gasteiger partial charge on any atom is -0.481 e. The van der Waals surface area contributed by atoms with Crippen LogP contribution in [0.2, 0.25) is 0 Å². The number of carboxylic acids is 1. The third-order valence-corrected chi connectivity index (χ3v) is 3.31. The third kappa shape index (κ3) is 4.99. The molecule has 8 heteroatoms. The van der Waals surface area contributed by atoms with Gasteiger partial charge < -0.3 is 15.2 Å². The second kappa shape index (κ2) is 7.24. The van der Waals surface area contributed by atoms with Gasteiger partial charge in [0.15, 0.2) is 0 Å². The summed E-state index contributed by atoms with van der Waals surface area (Å²) in [7, 11) is 1.44. The van der Waals surface area contributed by atoms with E-state index in [4.69, 9.17) is 9.84 Å². The third-order valence-electron chi connectivity index (χ3n) is 2.42. The molecule has 104 valence electrons. The van der Waals surface area contributed by atoms with Gasteiger partial charge in [-0.05, 0) is 28.7 Å². The van der Waals surface area contributed by atoms with E-state index in [0.29, 0.717) is 15.8 Å². The number of aliphatic carboxylic acids is 1. The predicted molar refractivity (Wildman–Crippen MR) is 77.4 cm³/mol. The van der Waals surface area contributed by atoms with Crippen molar-refractivity contribution in [2.75, 3.05) is 19.0 Å². The topological polar surface area (TPSA) is 102 Å². The number of non-ortho nitro benzene ring substituents is 1. The number of halogens is 1. The molecule has 1 atom stereocenters. The maximum atomic E-state index is 10.6. The Morgan fingerprint density at radius 2 is 2.32 bits per heavy atom. The number of carboxylic acid groups (broad SMARTS) is 1. The van der Waals surface area contributed by atoms with E-state index < -0.39 is 17.0 Å². The first-order valence-electron chi connectivity index (χ1n) is 5.36. The highest BCUT2D eigenvalue weighted by atomic mass is 127. The fourth-order valence-electron chi connectivity index (χ4n) is 1.42. The quantitative estimate of drug-likeness (QED) is 0.427. The zero-order valence-corrected chi connectivity index (χ0v) is 12.3. The van der Waals surface area contributed by atoms with Gasteiger partial charge in [-0.15, -0.1) is 0 Å². The van der Waals surface area contributed by atoms with Crippen molar-refractivity contribution in [2.45, 2.75) is 12.5 Å². The predicted octanol–water partition coefficient (Wildman–Crippen LogP) is 2.10. The second-order valence-electron chi connectivity index (χ2n) is 3.76. The Labute approximate surface area is 123 Å². The van der Waals surface area contributed by atoms with Gasteiger partial charge in [0.05, 0.1) is 17.4 Å². The first-order chi connectivity index (χ1) is 8.93. The minimum absolute atomic E-state index is 0.0174. The van der Waals surface area contributed by atoms with Crippen molar-refractivity contribution >= 4 is 39.9 Å². The Hall–Kier alpha value is -1.42. The van der Waals surface area contributed by atoms with Crippen LogP contribution in [0.3, 0.4) is 0 Å². The average molecular weight is 380 g/mol. The maximum absolute atomic E-state index is 10.6. The summed E-state index contributed by atoms with van der Waals surface area (Å²) in [6.45, 7) is 0.316. The Bertz CT molecular complexity index is 480. The highest BCUT2D eigenvalue weighted by Crippen LogP contribution is 2.23. The van der Waals surface area contributed by atoms with E-state index >= 15 is 0 Å². The number of methoxy groups -OCH3 is 1. The van der Waals surface area contributed by atoms with Crippen LogP contribution in [0.25, 0.3) is 0 Å². The van der Waals surface area contributed by atoms with Crippen molar-refractivity contribution in [1.82, 2.24) is 0 Å². The van der Waals surface area contributed by atoms with E-state index in [1.807, 2.05) is 22.6 Å². The lowest BCUT2D eigenvalue weighted by Crippen LogP contribution is -2.25. The van der Waals surface area contributed by atoms with E-state index in [1.165, 1.54) is 19.2 Å². The fraction of sp³-hybridized carbons (Fsp3) is 0.364. The van der Waals surface area contributed by atoms with Crippen LogP contribution >= 0.6 is 22.6 Å². The summed E-state index contributed by atoms with van der Waals surface area (Å²) in [6, 6.07) is 4.43. The SMILES string of the molecule is COC(CNc1ccc([N+](=O)[O-])cc1I)CC(=O)O. The van der Waals surface area contributed by atoms with Crippen LogP contribution < -0.4 is 5.32 Å². The van der Waals surface area contributed by atoms with Crippen molar-refractivity contribution < 1.29 is 19.6 Å². The molecule has 0 aromatic heterocycles. The molecule has 0 aliphatic heterocycles. The molecule has 1 unspecified atom stereocenters. The molecule has 0 saturated carbocycles. The van der Waals surface area contributed by atoms with Gasteiger partial charge in [-0.2, -0.15) is 0 Å². The molecule has 0 aliphatic rings. The highest BCUT2D eigenvalue weighted by molar-refractivity contribution is 14.1. The molecule has 2 N–H and O–H groups in total. The number of carbonyl (C=O) groups is 1. The maximum Gasteiger partial charge on any atom is 0.306 e. The molecular formula is C11H13IN2O5. The van der Waals surface area contributed by atoms with Gasteiger partial charge in [0, 0.05) is 35.0 Å². The smallest absolute Gasteiger partial charge is 0.306 e. The number of nitrogens with one attached hydrogen (secondary N) is 1. The Morgan fingerprint density at radius 3 is 2.79 bits per heavy atom. The van der Waals surface area contributed by atoms with Crippen molar-refractivity contribution in [3.8, 4) is 0 Å². The monoisotopic (exact) mass is 380 g/mol. The summed E-state index contributed by atoms with van der Waals surface area (Å²) < 4.78 is 5.72. The lowest BCUT2D eigenvalue weighted by atomic mass is 10.2. The number of hydrogen-bond acceptors (Lipinski definition) is 5. The molecule has 0 saturated heterocycles. The molecule has 0 fully saturated rings. The second-order valence-corrected chi connectivity index (χ2v) is 4.92. The van der Waals surface area contributed by atoms with Crippen LogP contribution in [-0.4, -0.2) is 35.8 Å². The summed E-state index contributed by atoms with van der Waals surface area (Å²) in [6.07, 6.45) is -0.559. The van der Waals surface area contributed by atoms with Gasteiger partial charge in [0.1, 0.15) is 0 Å². The van der Waals surface area contributed by atoms with Crippen molar-refractivity contribution in [3.63, 3.8) is 0 Å². The lowest BCUT2D eigenvalue weighted by molar-refractivity contribution is -0.384. The number of hydrogen-bond donors (Lipinski definition) is 2. The molecule has 0 amide bonds. The normalized spacial score (nSPS) is 11.9. The van der Waals surface area contributed by atoms with Crippen LogP contribution in [0.5, 0.6) is 0 Å². The number of rotatable bonds is 7. The molecule has 0 spiro atoms. The van der Waals surface area contributed by atoms with Crippen molar-refractivity contribution in [2.24, 2.45) is 0 Å².